The average molecular weight is 1110 g/mol. The van der Waals surface area contributed by atoms with Gasteiger partial charge in [-0.25, -0.2) is 24.2 Å². The van der Waals surface area contributed by atoms with Gasteiger partial charge in [-0.15, -0.1) is 5.10 Å². The van der Waals surface area contributed by atoms with E-state index in [-0.39, 0.29) is 0 Å². The first kappa shape index (κ1) is 55.5. The molecule has 426 valence electrons. The number of piperazine rings is 2. The first-order chi connectivity index (χ1) is 39.4. The molecule has 2 saturated heterocycles. The SMILES string of the molecule is Cc1cn2cc(-c3cc4ccc(N5CCN(CCOCCOCCOCCOCc6cn(CCOCCN7CCN(c8ccc9cc(-c%10cn%11cc(C)nc(C)c%11n%10)c(=O)oc9c8)C[C@@H]7C)nn6)[C@@H](C)C5)cc4oc3=O)nc2c(C)n1. The third kappa shape index (κ3) is 13.2. The van der Waals surface area contributed by atoms with Crippen molar-refractivity contribution in [2.75, 3.05) is 122 Å². The second-order valence-corrected chi connectivity index (χ2v) is 21.1. The lowest BCUT2D eigenvalue weighted by molar-refractivity contribution is -0.00732. The standard InChI is InChI=1S/C59H71N13O9/c1-39-31-70-36-52(62-56(70)43(5)60-39)50-27-45-7-9-48(29-54(45)80-58(50)73)68-13-11-66(41(3)33-68)15-18-75-20-17-72-35-47(64-65-72)38-79-26-25-78-24-23-77-22-21-76-19-16-67-12-14-69(34-42(67)4)49-10-8-46-28-51(59(74)81-55(46)30-49)53-37-71-32-40(2)61-44(6)57(71)63-53/h7-10,27-32,35-37,41-42H,11-26,33-34,38H2,1-6H3/t41-,42-/m0/s1. The molecule has 22 nitrogen and oxygen atoms in total. The number of anilines is 2. The summed E-state index contributed by atoms with van der Waals surface area (Å²) in [6, 6.07) is 16.5. The molecule has 0 unspecified atom stereocenters. The van der Waals surface area contributed by atoms with Crippen LogP contribution in [-0.2, 0) is 36.8 Å². The third-order valence-corrected chi connectivity index (χ3v) is 15.2. The molecule has 2 aliphatic rings. The van der Waals surface area contributed by atoms with Crippen LogP contribution in [0.25, 0.3) is 55.7 Å². The lowest BCUT2D eigenvalue weighted by atomic mass is 10.1. The van der Waals surface area contributed by atoms with Crippen LogP contribution < -0.4 is 21.1 Å². The zero-order valence-electron chi connectivity index (χ0n) is 47.1. The van der Waals surface area contributed by atoms with Gasteiger partial charge in [0.2, 0.25) is 0 Å². The Hall–Kier alpha value is -7.44. The molecule has 0 N–H and O–H groups in total. The molecular formula is C59H71N13O9. The molecule has 2 fully saturated rings. The van der Waals surface area contributed by atoms with Gasteiger partial charge in [-0.2, -0.15) is 0 Å². The van der Waals surface area contributed by atoms with Gasteiger partial charge < -0.3 is 51.1 Å². The zero-order valence-corrected chi connectivity index (χ0v) is 47.1. The van der Waals surface area contributed by atoms with E-state index >= 15 is 0 Å². The largest absolute Gasteiger partial charge is 0.422 e. The Kier molecular flexibility index (Phi) is 17.2. The highest BCUT2D eigenvalue weighted by atomic mass is 16.6. The molecule has 2 aromatic carbocycles. The van der Waals surface area contributed by atoms with E-state index in [4.69, 9.17) is 32.5 Å². The predicted molar refractivity (Wildman–Crippen MR) is 307 cm³/mol. The summed E-state index contributed by atoms with van der Waals surface area (Å²) in [6.45, 7) is 24.6. The van der Waals surface area contributed by atoms with Crippen molar-refractivity contribution in [1.82, 2.24) is 53.5 Å². The smallest absolute Gasteiger partial charge is 0.345 e. The van der Waals surface area contributed by atoms with E-state index in [0.29, 0.717) is 118 Å². The second-order valence-electron chi connectivity index (χ2n) is 21.1. The number of fused-ring (bicyclic) bond motifs is 4. The minimum atomic E-state index is -0.414. The van der Waals surface area contributed by atoms with Crippen LogP contribution in [0.4, 0.5) is 11.4 Å². The van der Waals surface area contributed by atoms with E-state index in [1.54, 1.807) is 4.68 Å². The van der Waals surface area contributed by atoms with Gasteiger partial charge in [-0.1, -0.05) is 5.21 Å². The highest BCUT2D eigenvalue weighted by Gasteiger charge is 2.26. The van der Waals surface area contributed by atoms with Crippen molar-refractivity contribution in [2.45, 2.75) is 66.8 Å². The van der Waals surface area contributed by atoms with Gasteiger partial charge >= 0.3 is 11.3 Å². The number of nitrogens with zero attached hydrogens (tertiary/aromatic N) is 13. The Bertz CT molecular complexity index is 3760. The number of imidazole rings is 2. The number of rotatable bonds is 24. The first-order valence-corrected chi connectivity index (χ1v) is 28.0. The normalized spacial score (nSPS) is 16.6. The van der Waals surface area contributed by atoms with Crippen molar-refractivity contribution in [3.05, 3.63) is 129 Å². The van der Waals surface area contributed by atoms with Crippen molar-refractivity contribution < 1.29 is 32.5 Å². The van der Waals surface area contributed by atoms with Gasteiger partial charge in [0.25, 0.3) is 0 Å². The van der Waals surface area contributed by atoms with Crippen LogP contribution in [0, 0.1) is 27.7 Å². The molecule has 11 rings (SSSR count). The molecule has 0 radical (unpaired) electrons. The maximum absolute atomic E-state index is 13.2. The summed E-state index contributed by atoms with van der Waals surface area (Å²) in [4.78, 5) is 54.3. The molecule has 9 aromatic rings. The van der Waals surface area contributed by atoms with Crippen molar-refractivity contribution in [2.24, 2.45) is 0 Å². The minimum absolute atomic E-state index is 0.313. The molecule has 22 heteroatoms. The Balaban J connectivity index is 0.502. The number of aromatic nitrogens is 9. The monoisotopic (exact) mass is 1110 g/mol. The van der Waals surface area contributed by atoms with Crippen molar-refractivity contribution >= 4 is 44.6 Å². The summed E-state index contributed by atoms with van der Waals surface area (Å²) in [5.74, 6) is 0. The summed E-state index contributed by atoms with van der Waals surface area (Å²) < 4.78 is 46.4. The Morgan fingerprint density at radius 1 is 0.519 bits per heavy atom. The van der Waals surface area contributed by atoms with Gasteiger partial charge in [0, 0.05) is 124 Å². The fourth-order valence-corrected chi connectivity index (χ4v) is 10.9. The van der Waals surface area contributed by atoms with Gasteiger partial charge in [-0.05, 0) is 77.9 Å². The van der Waals surface area contributed by atoms with Crippen LogP contribution in [0.5, 0.6) is 0 Å². The molecule has 7 aromatic heterocycles. The molecule has 9 heterocycles. The quantitative estimate of drug-likeness (QED) is 0.0491. The lowest BCUT2D eigenvalue weighted by Crippen LogP contribution is -2.52. The molecule has 2 atom stereocenters. The lowest BCUT2D eigenvalue weighted by Gasteiger charge is -2.41. The molecular weight excluding hydrogens is 1030 g/mol. The minimum Gasteiger partial charge on any atom is -0.422 e. The van der Waals surface area contributed by atoms with E-state index in [2.05, 4.69) is 75.8 Å². The topological polar surface area (TPSA) is 211 Å². The van der Waals surface area contributed by atoms with E-state index in [1.807, 2.05) is 104 Å². The van der Waals surface area contributed by atoms with Crippen LogP contribution in [0.1, 0.15) is 42.3 Å². The van der Waals surface area contributed by atoms with Crippen LogP contribution in [0.15, 0.2) is 97.9 Å². The number of hydrogen-bond donors (Lipinski definition) is 0. The number of benzene rings is 2. The Morgan fingerprint density at radius 3 is 1.47 bits per heavy atom. The van der Waals surface area contributed by atoms with E-state index < -0.39 is 11.3 Å². The van der Waals surface area contributed by atoms with Gasteiger partial charge in [0.05, 0.1) is 124 Å². The third-order valence-electron chi connectivity index (χ3n) is 15.2. The van der Waals surface area contributed by atoms with Gasteiger partial charge in [-0.3, -0.25) is 19.8 Å². The summed E-state index contributed by atoms with van der Waals surface area (Å²) in [6.07, 6.45) is 9.39. The summed E-state index contributed by atoms with van der Waals surface area (Å²) in [5.41, 5.74) is 9.91. The molecule has 0 bridgehead atoms. The Morgan fingerprint density at radius 2 is 0.975 bits per heavy atom. The van der Waals surface area contributed by atoms with Crippen molar-refractivity contribution in [3.63, 3.8) is 0 Å². The van der Waals surface area contributed by atoms with E-state index in [0.717, 1.165) is 114 Å². The van der Waals surface area contributed by atoms with Gasteiger partial charge in [0.1, 0.15) is 16.9 Å². The predicted octanol–water partition coefficient (Wildman–Crippen LogP) is 6.15. The van der Waals surface area contributed by atoms with Crippen LogP contribution in [0.3, 0.4) is 0 Å². The number of hydrogen-bond acceptors (Lipinski definition) is 19. The molecule has 0 spiro atoms. The highest BCUT2D eigenvalue weighted by molar-refractivity contribution is 5.85. The fraction of sp³-hybridized carbons (Fsp3) is 0.458. The van der Waals surface area contributed by atoms with Crippen molar-refractivity contribution in [3.8, 4) is 22.5 Å². The summed E-state index contributed by atoms with van der Waals surface area (Å²) >= 11 is 0. The first-order valence-electron chi connectivity index (χ1n) is 28.0. The highest BCUT2D eigenvalue weighted by Crippen LogP contribution is 2.29. The summed E-state index contributed by atoms with van der Waals surface area (Å²) in [7, 11) is 0. The maximum atomic E-state index is 13.2. The molecule has 0 amide bonds. The fourth-order valence-electron chi connectivity index (χ4n) is 10.9. The Labute approximate surface area is 468 Å². The summed E-state index contributed by atoms with van der Waals surface area (Å²) in [5, 5.41) is 10.2. The van der Waals surface area contributed by atoms with E-state index in [1.165, 1.54) is 0 Å². The van der Waals surface area contributed by atoms with Crippen molar-refractivity contribution in [1.29, 1.82) is 0 Å². The van der Waals surface area contributed by atoms with Gasteiger partial charge in [0.15, 0.2) is 11.3 Å². The zero-order chi connectivity index (χ0) is 56.0. The number of ether oxygens (including phenoxy) is 5. The molecule has 81 heavy (non-hydrogen) atoms. The van der Waals surface area contributed by atoms with Crippen LogP contribution >= 0.6 is 0 Å². The average Bonchev–Trinajstić information content (AvgIpc) is 4.24. The van der Waals surface area contributed by atoms with Crippen LogP contribution in [0.2, 0.25) is 0 Å². The number of aryl methyl sites for hydroxylation is 4. The molecule has 0 saturated carbocycles. The molecule has 2 aliphatic heterocycles. The van der Waals surface area contributed by atoms with E-state index in [9.17, 15) is 9.59 Å². The maximum Gasteiger partial charge on any atom is 0.345 e. The second kappa shape index (κ2) is 25.1. The van der Waals surface area contributed by atoms with Crippen LogP contribution in [-0.4, -0.2) is 177 Å². The molecule has 0 aliphatic carbocycles.